The fourth-order valence-electron chi connectivity index (χ4n) is 26.8. The van der Waals surface area contributed by atoms with Gasteiger partial charge in [0.15, 0.2) is 28.9 Å². The lowest BCUT2D eigenvalue weighted by Crippen LogP contribution is -2.71. The number of carboxylic acid groups (broad SMARTS) is 1. The first-order valence-electron chi connectivity index (χ1n) is 46.3. The van der Waals surface area contributed by atoms with Crippen LogP contribution in [0.15, 0.2) is 0 Å². The predicted molar refractivity (Wildman–Crippen MR) is 491 cm³/mol. The van der Waals surface area contributed by atoms with Gasteiger partial charge in [-0.3, -0.25) is 47.9 Å². The molecule has 8 rings (SSSR count). The number of carbonyl (C=O) groups excluding carboxylic acids is 10. The van der Waals surface area contributed by atoms with Crippen LogP contribution in [0.3, 0.4) is 0 Å². The van der Waals surface area contributed by atoms with Crippen molar-refractivity contribution in [2.75, 3.05) is 13.2 Å². The van der Waals surface area contributed by atoms with E-state index in [0.29, 0.717) is 38.5 Å². The van der Waals surface area contributed by atoms with Crippen LogP contribution in [0.1, 0.15) is 378 Å². The molecular weight excluding hydrogens is 1690 g/mol. The molecule has 756 valence electrons. The number of nitrogens with zero attached hydrogens (tertiary/aromatic N) is 8. The summed E-state index contributed by atoms with van der Waals surface area (Å²) in [6, 6.07) is -1.09. The summed E-state index contributed by atoms with van der Waals surface area (Å²) in [5.74, 6) is -5.65. The van der Waals surface area contributed by atoms with E-state index in [1.54, 1.807) is 90.0 Å². The lowest BCUT2D eigenvalue weighted by molar-refractivity contribution is -0.263. The van der Waals surface area contributed by atoms with Gasteiger partial charge in [0.1, 0.15) is 28.7 Å². The molecule has 0 saturated carbocycles. The largest absolute Gasteiger partial charge is 0.480 e. The van der Waals surface area contributed by atoms with Gasteiger partial charge in [-0.2, -0.15) is 40.5 Å². The van der Waals surface area contributed by atoms with Crippen molar-refractivity contribution in [2.45, 2.75) is 500 Å². The number of aliphatic hydroxyl groups is 2. The van der Waals surface area contributed by atoms with Gasteiger partial charge in [-0.25, -0.2) is 4.79 Å². The number of nitrogens with two attached hydrogens (primary N) is 3. The number of aliphatic hydroxyl groups excluding tert-OH is 2. The average Bonchev–Trinajstić information content (AvgIpc) is 0.717. The number of rotatable bonds is 23. The van der Waals surface area contributed by atoms with Crippen LogP contribution in [0.25, 0.3) is 0 Å². The van der Waals surface area contributed by atoms with Gasteiger partial charge in [-0.05, 0) is 332 Å². The Labute approximate surface area is 779 Å². The molecule has 8 aliphatic rings. The zero-order chi connectivity index (χ0) is 103. The fourth-order valence-corrected chi connectivity index (χ4v) is 26.8. The minimum absolute atomic E-state index is 0.0269. The maximum absolute atomic E-state index is 14.1. The molecule has 0 aromatic rings. The van der Waals surface area contributed by atoms with Crippen molar-refractivity contribution < 1.29 is 110 Å². The predicted octanol–water partition coefficient (Wildman–Crippen LogP) is 9.84. The second kappa shape index (κ2) is 37.1. The van der Waals surface area contributed by atoms with E-state index in [2.05, 4.69) is 16.0 Å². The summed E-state index contributed by atoms with van der Waals surface area (Å²) in [6.07, 6.45) is 2.78. The van der Waals surface area contributed by atoms with E-state index in [1.807, 2.05) is 138 Å². The third-order valence-corrected chi connectivity index (χ3v) is 30.1. The molecule has 3 amide bonds. The number of piperidine rings is 8. The number of hydrogen-bond donors (Lipinski definition) is 17. The maximum atomic E-state index is 14.1. The second-order valence-corrected chi connectivity index (χ2v) is 51.5. The molecule has 8 heterocycles. The third-order valence-electron chi connectivity index (χ3n) is 30.1. The van der Waals surface area contributed by atoms with Crippen LogP contribution in [0.4, 0.5) is 0 Å². The summed E-state index contributed by atoms with van der Waals surface area (Å²) in [5, 5.41) is 133. The molecule has 8 fully saturated rings. The number of hydrogen-bond acceptors (Lipinski definition) is 32. The lowest BCUT2D eigenvalue weighted by atomic mass is 9.58. The molecule has 131 heavy (non-hydrogen) atoms. The molecule has 0 aromatic carbocycles. The van der Waals surface area contributed by atoms with Gasteiger partial charge in [-0.15, -0.1) is 0 Å². The van der Waals surface area contributed by atoms with E-state index >= 15 is 0 Å². The molecule has 2 atom stereocenters. The Hall–Kier alpha value is -5.27. The molecule has 0 radical (unpaired) electrons. The Morgan fingerprint density at radius 3 is 0.725 bits per heavy atom. The monoisotopic (exact) mass is 1860 g/mol. The minimum Gasteiger partial charge on any atom is -0.480 e. The van der Waals surface area contributed by atoms with Gasteiger partial charge in [0.2, 0.25) is 17.7 Å². The topological polar surface area (TPSA) is 550 Å². The van der Waals surface area contributed by atoms with Gasteiger partial charge < -0.3 is 90.1 Å². The van der Waals surface area contributed by atoms with Gasteiger partial charge in [0, 0.05) is 145 Å². The highest BCUT2D eigenvalue weighted by atomic mass is 16.5. The molecule has 8 aliphatic heterocycles. The summed E-state index contributed by atoms with van der Waals surface area (Å²) in [7, 11) is 0. The summed E-state index contributed by atoms with van der Waals surface area (Å²) in [4.78, 5) is 145. The van der Waals surface area contributed by atoms with Crippen LogP contribution >= 0.6 is 0 Å². The molecule has 2 unspecified atom stereocenters. The number of carboxylic acids is 1. The van der Waals surface area contributed by atoms with Crippen molar-refractivity contribution in [3.8, 4) is 0 Å². The van der Waals surface area contributed by atoms with Crippen LogP contribution in [-0.2, 0) is 52.7 Å². The van der Waals surface area contributed by atoms with E-state index in [4.69, 9.17) is 17.2 Å². The molecule has 0 spiro atoms. The van der Waals surface area contributed by atoms with Crippen LogP contribution in [0, 0.1) is 22.2 Å². The molecule has 20 N–H and O–H groups in total. The average molecular weight is 1860 g/mol. The Bertz CT molecular complexity index is 4140. The zero-order valence-corrected chi connectivity index (χ0v) is 86.4. The number of ketones is 7. The number of hydroxylamine groups is 16. The first-order chi connectivity index (χ1) is 57.9. The van der Waals surface area contributed by atoms with Crippen molar-refractivity contribution in [2.24, 2.45) is 39.4 Å². The van der Waals surface area contributed by atoms with Gasteiger partial charge in [0.25, 0.3) is 0 Å². The quantitative estimate of drug-likeness (QED) is 0.0452. The number of aliphatic carboxylic acids is 1. The summed E-state index contributed by atoms with van der Waals surface area (Å²) < 4.78 is 0. The smallest absolute Gasteiger partial charge is 0.329 e. The van der Waals surface area contributed by atoms with Crippen molar-refractivity contribution >= 4 is 64.2 Å². The van der Waals surface area contributed by atoms with Crippen LogP contribution in [0.5, 0.6) is 0 Å². The normalized spacial score (nSPS) is 28.2. The molecule has 36 nitrogen and oxygen atoms in total. The van der Waals surface area contributed by atoms with Gasteiger partial charge in [0.05, 0.1) is 41.2 Å². The summed E-state index contributed by atoms with van der Waals surface area (Å²) in [5.41, 5.74) is -2.15. The standard InChI is InChI=1S/C25H46N4O6.C24H44N4O7.C24H43N3O5.C22H41N3O4/c1-16(31)17(11-30)27-19(33)24(12-20(2,3)28(34)21(4,5)13-24)10-18(32)25(26)14-22(6,7)29(35)23(8,9)15-25;1-19(2)11-23(25,12-20(3,4)27(19)34)16(30)9-15(10-29)17(31)26-24(18(32)33)13-21(5,6)28(35)22(7,8)14-24;1-16(28)23(12-19(3,4)26(31)20(5,6)13-23)11-18(30)24(25-17(2)29)14-21(7,8)27(32)22(9,10)15-24;1-15(26)21(11-17(2,3)24(28)18(4,5)12-21)10-16(27)22(23)13-19(6,7)25(29)20(8,9)14-22/h17,30,34-35H,10-15,26H2,1-9H3,(H,27,33);15,29,34-35H,9-14,25H2,1-8H3,(H,26,31)(H,32,33);31-32H,11-15H2,1-10H3,(H,25,29);28-29H,10-14,23H2,1-9H3. The highest BCUT2D eigenvalue weighted by Crippen LogP contribution is 2.57. The van der Waals surface area contributed by atoms with E-state index in [1.165, 1.54) is 56.2 Å². The lowest BCUT2D eigenvalue weighted by Gasteiger charge is -2.58. The SMILES string of the molecule is CC(=O)C(CO)NC(=O)C1(CC(=O)C2(N)CC(C)(C)N(O)C(C)(C)C2)CC(C)(C)N(O)C(C)(C)C1.CC(=O)C1(CC(=O)C2(N)CC(C)(C)N(O)C(C)(C)C2)CC(C)(C)N(O)C(C)(C)C1.CC(=O)NC1(C(=O)CC2(C(C)=O)CC(C)(C)N(O)C(C)(C)C2)CC(C)(C)N(O)C(C)(C)C1.CC1(C)CC(N)(C(=O)CC(CO)C(=O)NC2(C(=O)O)CC(C)(C)N(O)C(C)(C)C2)CC(C)(C)N1O. The summed E-state index contributed by atoms with van der Waals surface area (Å²) >= 11 is 0. The maximum Gasteiger partial charge on any atom is 0.329 e. The Morgan fingerprint density at radius 2 is 0.504 bits per heavy atom. The first kappa shape index (κ1) is 116. The fraction of sp³-hybridized carbons (Fsp3) is 0.884. The van der Waals surface area contributed by atoms with E-state index in [0.717, 1.165) is 5.06 Å². The Balaban J connectivity index is 0.000000310. The highest BCUT2D eigenvalue weighted by molar-refractivity contribution is 5.99. The van der Waals surface area contributed by atoms with Crippen LogP contribution in [-0.4, -0.2) is 297 Å². The second-order valence-electron chi connectivity index (χ2n) is 51.5. The van der Waals surface area contributed by atoms with E-state index < -0.39 is 187 Å². The number of amides is 3. The molecule has 0 aromatic heterocycles. The molecule has 8 saturated heterocycles. The van der Waals surface area contributed by atoms with Crippen LogP contribution in [0.2, 0.25) is 0 Å². The molecule has 36 heteroatoms. The van der Waals surface area contributed by atoms with Crippen molar-refractivity contribution in [1.82, 2.24) is 56.5 Å². The van der Waals surface area contributed by atoms with Gasteiger partial charge in [-0.1, -0.05) is 0 Å². The molecular formula is C95H174N14O22. The first-order valence-corrected chi connectivity index (χ1v) is 46.3. The summed E-state index contributed by atoms with van der Waals surface area (Å²) in [6.45, 7) is 62.7. The van der Waals surface area contributed by atoms with Crippen LogP contribution < -0.4 is 33.2 Å². The number of carbonyl (C=O) groups is 11. The zero-order valence-electron chi connectivity index (χ0n) is 86.4. The molecule has 0 aliphatic carbocycles. The number of nitrogens with one attached hydrogen (secondary N) is 3. The Kier molecular flexibility index (Phi) is 33.0. The van der Waals surface area contributed by atoms with Crippen molar-refractivity contribution in [3.05, 3.63) is 0 Å². The number of Topliss-reactive ketones (excluding diaryl/α,β-unsaturated/α-hetero) is 7. The van der Waals surface area contributed by atoms with Crippen molar-refractivity contribution in [3.63, 3.8) is 0 Å². The molecule has 0 bridgehead atoms. The minimum atomic E-state index is -1.70. The van der Waals surface area contributed by atoms with Gasteiger partial charge >= 0.3 is 5.97 Å². The van der Waals surface area contributed by atoms with E-state index in [-0.39, 0.29) is 125 Å². The third kappa shape index (κ3) is 24.0. The van der Waals surface area contributed by atoms with E-state index in [9.17, 15) is 110 Å². The Morgan fingerprint density at radius 1 is 0.290 bits per heavy atom. The highest BCUT2D eigenvalue weighted by Gasteiger charge is 2.66. The van der Waals surface area contributed by atoms with Crippen molar-refractivity contribution in [1.29, 1.82) is 0 Å².